The van der Waals surface area contributed by atoms with E-state index in [1.165, 1.54) is 10.1 Å². The van der Waals surface area contributed by atoms with Gasteiger partial charge in [0, 0.05) is 46.2 Å². The third kappa shape index (κ3) is 3.25. The molecule has 146 valence electrons. The lowest BCUT2D eigenvalue weighted by Gasteiger charge is -2.11. The number of H-pyrrole nitrogens is 1. The second-order valence-electron chi connectivity index (χ2n) is 7.20. The van der Waals surface area contributed by atoms with Crippen LogP contribution in [0.1, 0.15) is 25.6 Å². The average Bonchev–Trinajstić information content (AvgIpc) is 3.46. The topological polar surface area (TPSA) is 84.3 Å². The molecule has 0 unspecified atom stereocenters. The van der Waals surface area contributed by atoms with E-state index in [1.54, 1.807) is 17.7 Å². The van der Waals surface area contributed by atoms with Gasteiger partial charge in [0.05, 0.1) is 18.3 Å². The number of hydrogen-bond donors (Lipinski definition) is 2. The van der Waals surface area contributed by atoms with Crippen molar-refractivity contribution in [2.75, 3.05) is 11.9 Å². The van der Waals surface area contributed by atoms with Crippen molar-refractivity contribution in [1.29, 1.82) is 0 Å². The third-order valence-electron chi connectivity index (χ3n) is 4.93. The summed E-state index contributed by atoms with van der Waals surface area (Å²) in [6.07, 6.45) is 6.25. The van der Waals surface area contributed by atoms with Crippen LogP contribution in [0.3, 0.4) is 0 Å². The monoisotopic (exact) mass is 403 g/mol. The zero-order valence-corrected chi connectivity index (χ0v) is 17.1. The number of nitrogens with zero attached hydrogens (tertiary/aromatic N) is 5. The second-order valence-corrected chi connectivity index (χ2v) is 8.11. The van der Waals surface area contributed by atoms with Crippen molar-refractivity contribution in [1.82, 2.24) is 29.5 Å². The standard InChI is InChI=1S/C21H21N7S/c1-13(2)28-12-25-18-20(23-8-7-14-9-22-11-24-14)26-19(27-21(18)28)16-10-29-17-6-4-3-5-15(16)17/h3-6,9-13H,7-8H2,1-2H3,(H,22,24)(H,23,26,27). The lowest BCUT2D eigenvalue weighted by Crippen LogP contribution is -2.09. The van der Waals surface area contributed by atoms with Gasteiger partial charge >= 0.3 is 0 Å². The fraction of sp³-hybridized carbons (Fsp3) is 0.238. The highest BCUT2D eigenvalue weighted by Crippen LogP contribution is 2.34. The van der Waals surface area contributed by atoms with Gasteiger partial charge in [-0.15, -0.1) is 11.3 Å². The first-order valence-corrected chi connectivity index (χ1v) is 10.5. The largest absolute Gasteiger partial charge is 0.368 e. The minimum atomic E-state index is 0.263. The zero-order valence-electron chi connectivity index (χ0n) is 16.3. The highest BCUT2D eigenvalue weighted by molar-refractivity contribution is 7.17. The van der Waals surface area contributed by atoms with E-state index < -0.39 is 0 Å². The first-order chi connectivity index (χ1) is 14.2. The Labute approximate surface area is 171 Å². The van der Waals surface area contributed by atoms with E-state index in [4.69, 9.17) is 9.97 Å². The second kappa shape index (κ2) is 7.29. The Morgan fingerprint density at radius 3 is 2.90 bits per heavy atom. The van der Waals surface area contributed by atoms with E-state index in [0.717, 1.165) is 47.0 Å². The van der Waals surface area contributed by atoms with E-state index in [1.807, 2.05) is 12.5 Å². The van der Waals surface area contributed by atoms with E-state index >= 15 is 0 Å². The SMILES string of the molecule is CC(C)n1cnc2c(NCCc3c[nH]cn3)nc(-c3csc4ccccc34)nc21. The maximum Gasteiger partial charge on any atom is 0.166 e. The summed E-state index contributed by atoms with van der Waals surface area (Å²) < 4.78 is 3.32. The van der Waals surface area contributed by atoms with Crippen LogP contribution in [-0.2, 0) is 6.42 Å². The zero-order chi connectivity index (χ0) is 19.8. The van der Waals surface area contributed by atoms with Gasteiger partial charge in [-0.1, -0.05) is 18.2 Å². The Morgan fingerprint density at radius 1 is 1.17 bits per heavy atom. The molecule has 0 aliphatic heterocycles. The number of imidazole rings is 2. The molecule has 0 aliphatic carbocycles. The lowest BCUT2D eigenvalue weighted by atomic mass is 10.1. The molecular weight excluding hydrogens is 382 g/mol. The van der Waals surface area contributed by atoms with Gasteiger partial charge in [-0.3, -0.25) is 0 Å². The maximum absolute atomic E-state index is 4.91. The van der Waals surface area contributed by atoms with Gasteiger partial charge in [-0.25, -0.2) is 19.9 Å². The van der Waals surface area contributed by atoms with E-state index in [0.29, 0.717) is 0 Å². The van der Waals surface area contributed by atoms with E-state index in [2.05, 4.69) is 68.3 Å². The van der Waals surface area contributed by atoms with Gasteiger partial charge < -0.3 is 14.9 Å². The Hall–Kier alpha value is -3.26. The molecule has 0 radical (unpaired) electrons. The van der Waals surface area contributed by atoms with Crippen LogP contribution in [0.2, 0.25) is 0 Å². The molecule has 0 saturated heterocycles. The number of aromatic nitrogens is 6. The molecule has 2 N–H and O–H groups in total. The molecule has 7 nitrogen and oxygen atoms in total. The number of hydrogen-bond acceptors (Lipinski definition) is 6. The Bertz CT molecular complexity index is 1270. The molecule has 4 heterocycles. The number of aromatic amines is 1. The van der Waals surface area contributed by atoms with Crippen molar-refractivity contribution >= 4 is 38.4 Å². The van der Waals surface area contributed by atoms with Crippen LogP contribution in [0.5, 0.6) is 0 Å². The van der Waals surface area contributed by atoms with Crippen molar-refractivity contribution in [2.45, 2.75) is 26.3 Å². The van der Waals surface area contributed by atoms with Gasteiger partial charge in [-0.2, -0.15) is 0 Å². The minimum Gasteiger partial charge on any atom is -0.368 e. The summed E-state index contributed by atoms with van der Waals surface area (Å²) >= 11 is 1.71. The molecule has 0 amide bonds. The minimum absolute atomic E-state index is 0.263. The van der Waals surface area contributed by atoms with Crippen molar-refractivity contribution in [3.8, 4) is 11.4 Å². The molecule has 5 rings (SSSR count). The van der Waals surface area contributed by atoms with Gasteiger partial charge in [-0.05, 0) is 19.9 Å². The normalized spacial score (nSPS) is 11.7. The molecule has 0 spiro atoms. The summed E-state index contributed by atoms with van der Waals surface area (Å²) in [5.74, 6) is 1.48. The summed E-state index contributed by atoms with van der Waals surface area (Å²) in [5, 5.41) is 6.76. The number of benzene rings is 1. The summed E-state index contributed by atoms with van der Waals surface area (Å²) in [6, 6.07) is 8.63. The van der Waals surface area contributed by atoms with Crippen LogP contribution in [0, 0.1) is 0 Å². The van der Waals surface area contributed by atoms with Gasteiger partial charge in [0.25, 0.3) is 0 Å². The first-order valence-electron chi connectivity index (χ1n) is 9.63. The molecule has 0 fully saturated rings. The van der Waals surface area contributed by atoms with Crippen LogP contribution in [-0.4, -0.2) is 36.0 Å². The molecular formula is C21H21N7S. The molecule has 0 atom stereocenters. The smallest absolute Gasteiger partial charge is 0.166 e. The fourth-order valence-electron chi connectivity index (χ4n) is 3.43. The van der Waals surface area contributed by atoms with Crippen molar-refractivity contribution in [3.63, 3.8) is 0 Å². The maximum atomic E-state index is 4.91. The quantitative estimate of drug-likeness (QED) is 0.430. The lowest BCUT2D eigenvalue weighted by molar-refractivity contribution is 0.613. The highest BCUT2D eigenvalue weighted by atomic mass is 32.1. The third-order valence-corrected chi connectivity index (χ3v) is 5.89. The van der Waals surface area contributed by atoms with E-state index in [-0.39, 0.29) is 6.04 Å². The first kappa shape index (κ1) is 17.8. The molecule has 0 saturated carbocycles. The van der Waals surface area contributed by atoms with Crippen molar-refractivity contribution < 1.29 is 0 Å². The average molecular weight is 404 g/mol. The number of nitrogens with one attached hydrogen (secondary N) is 2. The van der Waals surface area contributed by atoms with Gasteiger partial charge in [0.2, 0.25) is 0 Å². The predicted molar refractivity (Wildman–Crippen MR) is 117 cm³/mol. The molecule has 5 aromatic rings. The molecule has 4 aromatic heterocycles. The fourth-order valence-corrected chi connectivity index (χ4v) is 4.37. The van der Waals surface area contributed by atoms with Crippen LogP contribution < -0.4 is 5.32 Å². The van der Waals surface area contributed by atoms with Crippen LogP contribution in [0.25, 0.3) is 32.6 Å². The summed E-state index contributed by atoms with van der Waals surface area (Å²) in [4.78, 5) is 21.6. The molecule has 0 bridgehead atoms. The van der Waals surface area contributed by atoms with Crippen LogP contribution >= 0.6 is 11.3 Å². The summed E-state index contributed by atoms with van der Waals surface area (Å²) in [5.41, 5.74) is 3.71. The Morgan fingerprint density at radius 2 is 2.07 bits per heavy atom. The van der Waals surface area contributed by atoms with Gasteiger partial charge in [0.1, 0.15) is 5.52 Å². The van der Waals surface area contributed by atoms with Crippen molar-refractivity contribution in [2.24, 2.45) is 0 Å². The molecule has 8 heteroatoms. The molecule has 0 aliphatic rings. The van der Waals surface area contributed by atoms with E-state index in [9.17, 15) is 0 Å². The predicted octanol–water partition coefficient (Wildman–Crippen LogP) is 4.67. The summed E-state index contributed by atoms with van der Waals surface area (Å²) in [7, 11) is 0. The number of fused-ring (bicyclic) bond motifs is 2. The summed E-state index contributed by atoms with van der Waals surface area (Å²) in [6.45, 7) is 4.98. The highest BCUT2D eigenvalue weighted by Gasteiger charge is 2.17. The number of anilines is 1. The molecule has 1 aromatic carbocycles. The molecule has 29 heavy (non-hydrogen) atoms. The number of rotatable bonds is 6. The van der Waals surface area contributed by atoms with Crippen LogP contribution in [0.15, 0.2) is 48.5 Å². The van der Waals surface area contributed by atoms with Crippen molar-refractivity contribution in [3.05, 3.63) is 54.2 Å². The van der Waals surface area contributed by atoms with Crippen LogP contribution in [0.4, 0.5) is 5.82 Å². The Balaban J connectivity index is 1.59. The van der Waals surface area contributed by atoms with Gasteiger partial charge in [0.15, 0.2) is 17.3 Å². The Kier molecular flexibility index (Phi) is 4.48. The number of thiophene rings is 1.